The first-order valence-corrected chi connectivity index (χ1v) is 9.38. The van der Waals surface area contributed by atoms with Crippen LogP contribution >= 0.6 is 0 Å². The van der Waals surface area contributed by atoms with Gasteiger partial charge in [0.25, 0.3) is 0 Å². The van der Waals surface area contributed by atoms with Crippen molar-refractivity contribution in [1.29, 1.82) is 0 Å². The van der Waals surface area contributed by atoms with E-state index in [0.717, 1.165) is 41.1 Å². The van der Waals surface area contributed by atoms with E-state index in [2.05, 4.69) is 15.3 Å². The summed E-state index contributed by atoms with van der Waals surface area (Å²) in [4.78, 5) is 7.93. The van der Waals surface area contributed by atoms with Gasteiger partial charge in [-0.05, 0) is 24.3 Å². The van der Waals surface area contributed by atoms with Gasteiger partial charge in [0.1, 0.15) is 24.0 Å². The maximum atomic E-state index is 13.8. The Hall–Kier alpha value is -3.18. The van der Waals surface area contributed by atoms with Gasteiger partial charge in [0.2, 0.25) is 0 Å². The summed E-state index contributed by atoms with van der Waals surface area (Å²) >= 11 is 0. The minimum Gasteiger partial charge on any atom is -0.488 e. The van der Waals surface area contributed by atoms with Crippen molar-refractivity contribution in [3.05, 3.63) is 95.6 Å². The fourth-order valence-corrected chi connectivity index (χ4v) is 3.12. The predicted octanol–water partition coefficient (Wildman–Crippen LogP) is 4.61. The summed E-state index contributed by atoms with van der Waals surface area (Å²) in [6, 6.07) is 22.5. The number of aromatic amines is 1. The van der Waals surface area contributed by atoms with Crippen LogP contribution in [0.15, 0.2) is 72.8 Å². The summed E-state index contributed by atoms with van der Waals surface area (Å²) in [6.45, 7) is 1.68. The van der Waals surface area contributed by atoms with Gasteiger partial charge in [-0.3, -0.25) is 0 Å². The molecule has 0 unspecified atom stereocenters. The fraction of sp³-hybridized carbons (Fsp3) is 0.174. The van der Waals surface area contributed by atoms with Crippen molar-refractivity contribution in [2.75, 3.05) is 6.54 Å². The van der Waals surface area contributed by atoms with Crippen LogP contribution in [-0.4, -0.2) is 16.5 Å². The summed E-state index contributed by atoms with van der Waals surface area (Å²) in [6.07, 6.45) is 0.812. The third-order valence-electron chi connectivity index (χ3n) is 4.61. The maximum Gasteiger partial charge on any atom is 0.129 e. The molecule has 0 spiro atoms. The van der Waals surface area contributed by atoms with E-state index in [1.54, 1.807) is 12.1 Å². The smallest absolute Gasteiger partial charge is 0.129 e. The molecule has 0 aliphatic heterocycles. The molecule has 0 aliphatic rings. The Balaban J connectivity index is 1.31. The van der Waals surface area contributed by atoms with E-state index >= 15 is 0 Å². The van der Waals surface area contributed by atoms with Gasteiger partial charge in [-0.2, -0.15) is 0 Å². The molecule has 0 fully saturated rings. The Bertz CT molecular complexity index is 1030. The number of benzene rings is 3. The molecule has 0 bridgehead atoms. The highest BCUT2D eigenvalue weighted by molar-refractivity contribution is 5.74. The van der Waals surface area contributed by atoms with Gasteiger partial charge in [0.15, 0.2) is 0 Å². The van der Waals surface area contributed by atoms with Gasteiger partial charge >= 0.3 is 0 Å². The molecule has 1 aromatic heterocycles. The van der Waals surface area contributed by atoms with Crippen LogP contribution < -0.4 is 10.1 Å². The number of ether oxygens (including phenoxy) is 1. The van der Waals surface area contributed by atoms with E-state index in [0.29, 0.717) is 12.1 Å². The highest BCUT2D eigenvalue weighted by Crippen LogP contribution is 2.20. The average Bonchev–Trinajstić information content (AvgIpc) is 3.14. The quantitative estimate of drug-likeness (QED) is 0.442. The van der Waals surface area contributed by atoms with Crippen molar-refractivity contribution in [3.8, 4) is 5.75 Å². The van der Waals surface area contributed by atoms with E-state index in [9.17, 15) is 4.39 Å². The van der Waals surface area contributed by atoms with Crippen molar-refractivity contribution in [2.45, 2.75) is 19.6 Å². The number of fused-ring (bicyclic) bond motifs is 1. The van der Waals surface area contributed by atoms with E-state index in [-0.39, 0.29) is 12.4 Å². The molecule has 0 atom stereocenters. The van der Waals surface area contributed by atoms with Gasteiger partial charge in [0.05, 0.1) is 11.0 Å². The Kier molecular flexibility index (Phi) is 5.64. The largest absolute Gasteiger partial charge is 0.488 e. The molecule has 0 amide bonds. The molecule has 142 valence electrons. The summed E-state index contributed by atoms with van der Waals surface area (Å²) in [5, 5.41) is 3.43. The van der Waals surface area contributed by atoms with Crippen LogP contribution in [0.5, 0.6) is 5.75 Å². The Morgan fingerprint density at radius 1 is 0.893 bits per heavy atom. The van der Waals surface area contributed by atoms with Gasteiger partial charge in [0, 0.05) is 30.6 Å². The number of aromatic nitrogens is 2. The average molecular weight is 375 g/mol. The third kappa shape index (κ3) is 4.38. The lowest BCUT2D eigenvalue weighted by atomic mass is 10.2. The Morgan fingerprint density at radius 3 is 2.50 bits per heavy atom. The second-order valence-electron chi connectivity index (χ2n) is 6.62. The molecule has 4 aromatic rings. The lowest BCUT2D eigenvalue weighted by Gasteiger charge is -2.12. The lowest BCUT2D eigenvalue weighted by molar-refractivity contribution is 0.296. The van der Waals surface area contributed by atoms with Crippen LogP contribution in [0.1, 0.15) is 17.0 Å². The Labute approximate surface area is 163 Å². The minimum atomic E-state index is -0.246. The van der Waals surface area contributed by atoms with Gasteiger partial charge in [-0.15, -0.1) is 0 Å². The molecule has 0 saturated heterocycles. The molecular formula is C23H22FN3O. The fourth-order valence-electron chi connectivity index (χ4n) is 3.12. The van der Waals surface area contributed by atoms with Gasteiger partial charge < -0.3 is 15.0 Å². The zero-order valence-electron chi connectivity index (χ0n) is 15.5. The first-order valence-electron chi connectivity index (χ1n) is 9.38. The zero-order chi connectivity index (χ0) is 19.2. The summed E-state index contributed by atoms with van der Waals surface area (Å²) in [7, 11) is 0. The summed E-state index contributed by atoms with van der Waals surface area (Å²) < 4.78 is 19.6. The number of para-hydroxylation sites is 3. The number of H-pyrrole nitrogens is 1. The molecule has 4 nitrogen and oxygen atoms in total. The number of imidazole rings is 1. The third-order valence-corrected chi connectivity index (χ3v) is 4.61. The highest BCUT2D eigenvalue weighted by Gasteiger charge is 2.06. The standard InChI is InChI=1S/C23H22FN3O/c24-19-9-3-1-8-18(19)16-28-22-12-6-2-7-17(22)15-25-14-13-23-26-20-10-4-5-11-21(20)27-23/h1-12,25H,13-16H2,(H,26,27). The first kappa shape index (κ1) is 18.2. The van der Waals surface area contributed by atoms with Crippen molar-refractivity contribution in [1.82, 2.24) is 15.3 Å². The SMILES string of the molecule is Fc1ccccc1COc1ccccc1CNCCc1nc2ccccc2[nH]1. The number of rotatable bonds is 8. The number of nitrogens with zero attached hydrogens (tertiary/aromatic N) is 1. The van der Waals surface area contributed by atoms with Crippen LogP contribution in [0.2, 0.25) is 0 Å². The molecule has 0 aliphatic carbocycles. The summed E-state index contributed by atoms with van der Waals surface area (Å²) in [5.41, 5.74) is 3.65. The number of hydrogen-bond donors (Lipinski definition) is 2. The Morgan fingerprint density at radius 2 is 1.64 bits per heavy atom. The van der Waals surface area contributed by atoms with Gasteiger partial charge in [-0.1, -0.05) is 48.5 Å². The van der Waals surface area contributed by atoms with Crippen LogP contribution in [0.4, 0.5) is 4.39 Å². The molecule has 1 heterocycles. The number of hydrogen-bond acceptors (Lipinski definition) is 3. The van der Waals surface area contributed by atoms with E-state index in [1.165, 1.54) is 6.07 Å². The molecule has 0 saturated carbocycles. The maximum absolute atomic E-state index is 13.8. The van der Waals surface area contributed by atoms with Crippen molar-refractivity contribution >= 4 is 11.0 Å². The lowest BCUT2D eigenvalue weighted by Crippen LogP contribution is -2.17. The van der Waals surface area contributed by atoms with Crippen molar-refractivity contribution in [2.24, 2.45) is 0 Å². The van der Waals surface area contributed by atoms with Gasteiger partial charge in [-0.25, -0.2) is 9.37 Å². The first-order chi connectivity index (χ1) is 13.8. The summed E-state index contributed by atoms with van der Waals surface area (Å²) in [5.74, 6) is 1.49. The highest BCUT2D eigenvalue weighted by atomic mass is 19.1. The monoisotopic (exact) mass is 375 g/mol. The predicted molar refractivity (Wildman–Crippen MR) is 109 cm³/mol. The second kappa shape index (κ2) is 8.67. The van der Waals surface area contributed by atoms with Crippen LogP contribution in [0.25, 0.3) is 11.0 Å². The molecule has 3 aromatic carbocycles. The number of halogens is 1. The van der Waals surface area contributed by atoms with Crippen LogP contribution in [0, 0.1) is 5.82 Å². The van der Waals surface area contributed by atoms with Crippen molar-refractivity contribution < 1.29 is 9.13 Å². The van der Waals surface area contributed by atoms with Crippen LogP contribution in [-0.2, 0) is 19.6 Å². The van der Waals surface area contributed by atoms with E-state index in [4.69, 9.17) is 4.74 Å². The zero-order valence-corrected chi connectivity index (χ0v) is 15.5. The second-order valence-corrected chi connectivity index (χ2v) is 6.62. The minimum absolute atomic E-state index is 0.211. The van der Waals surface area contributed by atoms with Crippen molar-refractivity contribution in [3.63, 3.8) is 0 Å². The van der Waals surface area contributed by atoms with Crippen LogP contribution in [0.3, 0.4) is 0 Å². The molecular weight excluding hydrogens is 353 g/mol. The molecule has 5 heteroatoms. The normalized spacial score (nSPS) is 11.0. The number of nitrogens with one attached hydrogen (secondary N) is 2. The van der Waals surface area contributed by atoms with E-state index in [1.807, 2.05) is 54.6 Å². The topological polar surface area (TPSA) is 49.9 Å². The molecule has 28 heavy (non-hydrogen) atoms. The van der Waals surface area contributed by atoms with E-state index < -0.39 is 0 Å². The molecule has 2 N–H and O–H groups in total. The molecule has 4 rings (SSSR count). The molecule has 0 radical (unpaired) electrons.